The van der Waals surface area contributed by atoms with Crippen LogP contribution in [0.3, 0.4) is 0 Å². The van der Waals surface area contributed by atoms with E-state index >= 15 is 0 Å². The van der Waals surface area contributed by atoms with Gasteiger partial charge in [0.05, 0.1) is 26.4 Å². The van der Waals surface area contributed by atoms with Crippen LogP contribution < -0.4 is 0 Å². The van der Waals surface area contributed by atoms with Crippen molar-refractivity contribution < 1.29 is 80.2 Å². The third-order valence-corrected chi connectivity index (χ3v) is 20.7. The van der Waals surface area contributed by atoms with E-state index in [2.05, 4.69) is 34.6 Å². The number of hydrogen-bond donors (Lipinski definition) is 3. The van der Waals surface area contributed by atoms with Crippen molar-refractivity contribution in [3.63, 3.8) is 0 Å². The van der Waals surface area contributed by atoms with Crippen molar-refractivity contribution in [1.29, 1.82) is 0 Å². The zero-order valence-corrected chi connectivity index (χ0v) is 66.4. The highest BCUT2D eigenvalue weighted by Gasteiger charge is 2.30. The molecule has 0 saturated carbocycles. The number of carbonyl (C=O) groups excluding carboxylic acids is 4. The topological polar surface area (TPSA) is 237 Å². The summed E-state index contributed by atoms with van der Waals surface area (Å²) in [6.45, 7) is 7.27. The molecule has 0 radical (unpaired) electrons. The van der Waals surface area contributed by atoms with Crippen molar-refractivity contribution in [2.45, 2.75) is 445 Å². The lowest BCUT2D eigenvalue weighted by atomic mass is 10.0. The van der Waals surface area contributed by atoms with Crippen molar-refractivity contribution in [3.8, 4) is 0 Å². The summed E-state index contributed by atoms with van der Waals surface area (Å²) in [4.78, 5) is 73.0. The number of phosphoric acid groups is 2. The Morgan fingerprint density at radius 2 is 0.465 bits per heavy atom. The normalized spacial score (nSPS) is 13.9. The quantitative estimate of drug-likeness (QED) is 0.0222. The van der Waals surface area contributed by atoms with Crippen LogP contribution in [0.1, 0.15) is 426 Å². The van der Waals surface area contributed by atoms with E-state index in [1.165, 1.54) is 244 Å². The molecule has 0 heterocycles. The third kappa shape index (κ3) is 74.1. The molecule has 0 saturated heterocycles. The van der Waals surface area contributed by atoms with Gasteiger partial charge >= 0.3 is 39.5 Å². The Hall–Kier alpha value is -1.94. The molecule has 0 aromatic heterocycles. The van der Waals surface area contributed by atoms with Crippen molar-refractivity contribution >= 4 is 39.5 Å². The molecule has 588 valence electrons. The van der Waals surface area contributed by atoms with Crippen LogP contribution in [0.5, 0.6) is 0 Å². The summed E-state index contributed by atoms with van der Waals surface area (Å²) in [5, 5.41) is 10.6. The van der Waals surface area contributed by atoms with Crippen molar-refractivity contribution in [2.24, 2.45) is 5.92 Å². The lowest BCUT2D eigenvalue weighted by Gasteiger charge is -2.21. The van der Waals surface area contributed by atoms with Gasteiger partial charge in [-0.2, -0.15) is 0 Å². The van der Waals surface area contributed by atoms with Gasteiger partial charge < -0.3 is 33.8 Å². The number of hydrogen-bond acceptors (Lipinski definition) is 15. The Balaban J connectivity index is 5.22. The second-order valence-electron chi connectivity index (χ2n) is 29.3. The Morgan fingerprint density at radius 1 is 0.273 bits per heavy atom. The summed E-state index contributed by atoms with van der Waals surface area (Å²) in [6.07, 6.45) is 63.9. The van der Waals surface area contributed by atoms with E-state index < -0.39 is 97.5 Å². The number of rotatable bonds is 80. The molecule has 0 spiro atoms. The Morgan fingerprint density at radius 3 is 0.687 bits per heavy atom. The fourth-order valence-corrected chi connectivity index (χ4v) is 14.0. The summed E-state index contributed by atoms with van der Waals surface area (Å²) in [5.41, 5.74) is 0. The Kier molecular flexibility index (Phi) is 71.6. The number of unbranched alkanes of at least 4 members (excludes halogenated alkanes) is 52. The molecule has 19 heteroatoms. The molecule has 0 aliphatic carbocycles. The molecular weight excluding hydrogens is 1290 g/mol. The molecule has 0 fully saturated rings. The van der Waals surface area contributed by atoms with Crippen LogP contribution in [0.25, 0.3) is 0 Å². The minimum Gasteiger partial charge on any atom is -0.462 e. The fraction of sp³-hybridized carbons (Fsp3) is 0.950. The van der Waals surface area contributed by atoms with Crippen LogP contribution in [0.4, 0.5) is 0 Å². The van der Waals surface area contributed by atoms with Gasteiger partial charge in [0.25, 0.3) is 0 Å². The molecule has 0 amide bonds. The van der Waals surface area contributed by atoms with E-state index in [4.69, 9.17) is 37.0 Å². The Labute approximate surface area is 607 Å². The van der Waals surface area contributed by atoms with Gasteiger partial charge in [0, 0.05) is 25.7 Å². The van der Waals surface area contributed by atoms with Crippen LogP contribution in [0.15, 0.2) is 0 Å². The number of aliphatic hydroxyl groups is 1. The van der Waals surface area contributed by atoms with Crippen molar-refractivity contribution in [2.75, 3.05) is 39.6 Å². The van der Waals surface area contributed by atoms with Crippen LogP contribution in [-0.2, 0) is 65.4 Å². The SMILES string of the molecule is CCCCCCCCCCCCCCCCCCCCCCC(=O)O[C@H](COC(=O)CCCCCCCCCCCCCCCCCC)COP(=O)(O)OC[C@@H](O)COP(=O)(O)OC[C@@H](COC(=O)CCCCCCCCCC(C)C)OC(=O)CCCCCCCCCCCCCCC. The molecular formula is C80H156O17P2. The molecule has 0 aromatic carbocycles. The summed E-state index contributed by atoms with van der Waals surface area (Å²) >= 11 is 0. The predicted octanol–water partition coefficient (Wildman–Crippen LogP) is 24.0. The zero-order valence-electron chi connectivity index (χ0n) is 64.6. The van der Waals surface area contributed by atoms with E-state index in [-0.39, 0.29) is 25.7 Å². The maximum atomic E-state index is 13.1. The first-order chi connectivity index (χ1) is 48.0. The Bertz CT molecular complexity index is 1890. The first kappa shape index (κ1) is 97.1. The van der Waals surface area contributed by atoms with Gasteiger partial charge in [-0.15, -0.1) is 0 Å². The highest BCUT2D eigenvalue weighted by molar-refractivity contribution is 7.47. The first-order valence-electron chi connectivity index (χ1n) is 41.6. The van der Waals surface area contributed by atoms with E-state index in [0.717, 1.165) is 96.3 Å². The molecule has 0 rings (SSSR count). The van der Waals surface area contributed by atoms with E-state index in [9.17, 15) is 43.2 Å². The second-order valence-corrected chi connectivity index (χ2v) is 32.2. The van der Waals surface area contributed by atoms with Gasteiger partial charge in [-0.1, -0.05) is 375 Å². The minimum absolute atomic E-state index is 0.107. The number of aliphatic hydroxyl groups excluding tert-OH is 1. The van der Waals surface area contributed by atoms with Crippen LogP contribution >= 0.6 is 15.6 Å². The van der Waals surface area contributed by atoms with Crippen molar-refractivity contribution in [1.82, 2.24) is 0 Å². The predicted molar refractivity (Wildman–Crippen MR) is 405 cm³/mol. The highest BCUT2D eigenvalue weighted by Crippen LogP contribution is 2.45. The average Bonchev–Trinajstić information content (AvgIpc) is 1.09. The fourth-order valence-electron chi connectivity index (χ4n) is 12.4. The summed E-state index contributed by atoms with van der Waals surface area (Å²) in [7, 11) is -9.92. The van der Waals surface area contributed by atoms with Crippen molar-refractivity contribution in [3.05, 3.63) is 0 Å². The molecule has 5 atom stereocenters. The number of phosphoric ester groups is 2. The lowest BCUT2D eigenvalue weighted by Crippen LogP contribution is -2.30. The summed E-state index contributed by atoms with van der Waals surface area (Å²) in [5.74, 6) is -1.40. The summed E-state index contributed by atoms with van der Waals surface area (Å²) < 4.78 is 68.7. The average molecular weight is 1450 g/mol. The maximum Gasteiger partial charge on any atom is 0.472 e. The van der Waals surface area contributed by atoms with Crippen LogP contribution in [0, 0.1) is 5.92 Å². The van der Waals surface area contributed by atoms with Gasteiger partial charge in [0.2, 0.25) is 0 Å². The second kappa shape index (κ2) is 73.0. The van der Waals surface area contributed by atoms with E-state index in [1.807, 2.05) is 0 Å². The largest absolute Gasteiger partial charge is 0.472 e. The third-order valence-electron chi connectivity index (χ3n) is 18.8. The van der Waals surface area contributed by atoms with Gasteiger partial charge in [-0.25, -0.2) is 9.13 Å². The molecule has 0 aliphatic rings. The number of esters is 4. The number of ether oxygens (including phenoxy) is 4. The molecule has 2 unspecified atom stereocenters. The van der Waals surface area contributed by atoms with Crippen LogP contribution in [-0.4, -0.2) is 96.7 Å². The van der Waals surface area contributed by atoms with E-state index in [0.29, 0.717) is 31.6 Å². The zero-order chi connectivity index (χ0) is 72.7. The van der Waals surface area contributed by atoms with Gasteiger partial charge in [0.15, 0.2) is 12.2 Å². The minimum atomic E-state index is -4.96. The molecule has 0 aromatic rings. The number of carbonyl (C=O) groups is 4. The van der Waals surface area contributed by atoms with Gasteiger partial charge in [-0.3, -0.25) is 37.3 Å². The monoisotopic (exact) mass is 1450 g/mol. The first-order valence-corrected chi connectivity index (χ1v) is 44.6. The van der Waals surface area contributed by atoms with E-state index in [1.54, 1.807) is 0 Å². The lowest BCUT2D eigenvalue weighted by molar-refractivity contribution is -0.161. The smallest absolute Gasteiger partial charge is 0.462 e. The van der Waals surface area contributed by atoms with Crippen LogP contribution in [0.2, 0.25) is 0 Å². The summed E-state index contributed by atoms with van der Waals surface area (Å²) in [6, 6.07) is 0. The molecule has 0 bridgehead atoms. The van der Waals surface area contributed by atoms with Gasteiger partial charge in [0.1, 0.15) is 19.3 Å². The molecule has 3 N–H and O–H groups in total. The molecule has 17 nitrogen and oxygen atoms in total. The standard InChI is InChI=1S/C80H156O17P2/c1-6-9-12-15-18-21-24-27-29-31-32-33-34-36-39-42-45-50-56-61-66-80(85)96-75(69-90-77(82)63-58-53-48-43-40-38-35-30-28-25-22-19-16-13-10-7-2)71-94-98(86,87)92-67-74(81)68-93-99(88,89)95-72-76(70-91-78(83)64-59-54-51-46-47-52-57-62-73(4)5)97-79(84)65-60-55-49-44-41-37-26-23-20-17-14-11-8-3/h73-76,81H,6-72H2,1-5H3,(H,86,87)(H,88,89)/t74-,75-,76-/m1/s1. The molecule has 99 heavy (non-hydrogen) atoms. The molecule has 0 aliphatic heterocycles. The van der Waals surface area contributed by atoms with Gasteiger partial charge in [-0.05, 0) is 31.6 Å². The maximum absolute atomic E-state index is 13.1. The highest BCUT2D eigenvalue weighted by atomic mass is 31.2.